The smallest absolute Gasteiger partial charge is 0.191 e. The summed E-state index contributed by atoms with van der Waals surface area (Å²) in [6.07, 6.45) is 4.42. The predicted octanol–water partition coefficient (Wildman–Crippen LogP) is 3.68. The lowest BCUT2D eigenvalue weighted by Gasteiger charge is -2.12. The monoisotopic (exact) mass is 393 g/mol. The van der Waals surface area contributed by atoms with Crippen LogP contribution >= 0.6 is 0 Å². The number of rotatable bonds is 8. The highest BCUT2D eigenvalue weighted by molar-refractivity contribution is 5.79. The van der Waals surface area contributed by atoms with Crippen LogP contribution in [0.3, 0.4) is 0 Å². The van der Waals surface area contributed by atoms with Crippen molar-refractivity contribution in [3.05, 3.63) is 89.3 Å². The van der Waals surface area contributed by atoms with Gasteiger partial charge in [0.15, 0.2) is 5.96 Å². The average molecular weight is 394 g/mol. The largest absolute Gasteiger partial charge is 0.357 e. The molecule has 1 heterocycles. The minimum atomic E-state index is -0.166. The summed E-state index contributed by atoms with van der Waals surface area (Å²) in [4.78, 5) is 8.95. The average Bonchev–Trinajstić information content (AvgIpc) is 3.12. The number of nitrogens with one attached hydrogen (secondary N) is 2. The molecule has 1 aromatic heterocycles. The van der Waals surface area contributed by atoms with Crippen LogP contribution in [0.25, 0.3) is 0 Å². The fourth-order valence-corrected chi connectivity index (χ4v) is 3.12. The van der Waals surface area contributed by atoms with E-state index in [2.05, 4.69) is 49.4 Å². The number of halogens is 1. The van der Waals surface area contributed by atoms with Gasteiger partial charge in [-0.05, 0) is 43.0 Å². The van der Waals surface area contributed by atoms with Crippen LogP contribution in [0.15, 0.2) is 65.9 Å². The standard InChI is InChI=1S/C23H28FN5/c1-3-25-23(27-12-11-21-9-4-5-10-22(21)24)28-16-19-7-6-8-20(15-19)17-29-14-13-26-18(29)2/h4-10,13-15H,3,11-12,16-17H2,1-2H3,(H2,25,27,28). The molecule has 5 nitrogen and oxygen atoms in total. The zero-order valence-electron chi connectivity index (χ0n) is 17.0. The van der Waals surface area contributed by atoms with Crippen LogP contribution in [0.4, 0.5) is 4.39 Å². The molecule has 2 aromatic carbocycles. The highest BCUT2D eigenvalue weighted by atomic mass is 19.1. The summed E-state index contributed by atoms with van der Waals surface area (Å²) in [5.41, 5.74) is 3.07. The maximum absolute atomic E-state index is 13.8. The Morgan fingerprint density at radius 1 is 1.10 bits per heavy atom. The first kappa shape index (κ1) is 20.6. The second kappa shape index (κ2) is 10.4. The molecule has 3 rings (SSSR count). The van der Waals surface area contributed by atoms with Gasteiger partial charge in [0.05, 0.1) is 6.54 Å². The Bertz CT molecular complexity index is 948. The Hall–Kier alpha value is -3.15. The summed E-state index contributed by atoms with van der Waals surface area (Å²) in [5.74, 6) is 1.57. The second-order valence-electron chi connectivity index (χ2n) is 6.89. The van der Waals surface area contributed by atoms with Gasteiger partial charge in [0.2, 0.25) is 0 Å². The number of aromatic nitrogens is 2. The van der Waals surface area contributed by atoms with Gasteiger partial charge in [-0.25, -0.2) is 14.4 Å². The predicted molar refractivity (Wildman–Crippen MR) is 115 cm³/mol. The number of benzene rings is 2. The molecule has 0 bridgehead atoms. The molecular formula is C23H28FN5. The molecule has 0 fully saturated rings. The summed E-state index contributed by atoms with van der Waals surface area (Å²) in [6.45, 7) is 6.79. The molecule has 0 aliphatic heterocycles. The molecule has 29 heavy (non-hydrogen) atoms. The van der Waals surface area contributed by atoms with Crippen molar-refractivity contribution in [3.8, 4) is 0 Å². The Morgan fingerprint density at radius 3 is 2.69 bits per heavy atom. The second-order valence-corrected chi connectivity index (χ2v) is 6.89. The Balaban J connectivity index is 1.58. The maximum atomic E-state index is 13.8. The van der Waals surface area contributed by atoms with Crippen molar-refractivity contribution in [2.24, 2.45) is 4.99 Å². The molecule has 0 spiro atoms. The molecule has 152 valence electrons. The molecule has 0 amide bonds. The number of imidazole rings is 1. The van der Waals surface area contributed by atoms with E-state index < -0.39 is 0 Å². The van der Waals surface area contributed by atoms with Gasteiger partial charge in [0.1, 0.15) is 11.6 Å². The fraction of sp³-hybridized carbons (Fsp3) is 0.304. The molecule has 0 radical (unpaired) electrons. The van der Waals surface area contributed by atoms with Crippen LogP contribution < -0.4 is 10.6 Å². The summed E-state index contributed by atoms with van der Waals surface area (Å²) in [6, 6.07) is 15.3. The van der Waals surface area contributed by atoms with E-state index in [0.717, 1.165) is 30.4 Å². The summed E-state index contributed by atoms with van der Waals surface area (Å²) in [5, 5.41) is 6.53. The number of guanidine groups is 1. The molecule has 0 aliphatic carbocycles. The van der Waals surface area contributed by atoms with Crippen molar-refractivity contribution < 1.29 is 4.39 Å². The van der Waals surface area contributed by atoms with Gasteiger partial charge in [-0.2, -0.15) is 0 Å². The molecule has 2 N–H and O–H groups in total. The SMILES string of the molecule is CCNC(=NCc1cccc(Cn2ccnc2C)c1)NCCc1ccccc1F. The highest BCUT2D eigenvalue weighted by Crippen LogP contribution is 2.10. The van der Waals surface area contributed by atoms with Gasteiger partial charge >= 0.3 is 0 Å². The van der Waals surface area contributed by atoms with Crippen molar-refractivity contribution in [3.63, 3.8) is 0 Å². The van der Waals surface area contributed by atoms with E-state index in [1.807, 2.05) is 38.4 Å². The summed E-state index contributed by atoms with van der Waals surface area (Å²) < 4.78 is 15.9. The molecule has 0 saturated carbocycles. The van der Waals surface area contributed by atoms with Crippen molar-refractivity contribution in [2.75, 3.05) is 13.1 Å². The normalized spacial score (nSPS) is 11.5. The number of aliphatic imine (C=N–C) groups is 1. The van der Waals surface area contributed by atoms with Gasteiger partial charge in [-0.15, -0.1) is 0 Å². The summed E-state index contributed by atoms with van der Waals surface area (Å²) >= 11 is 0. The van der Waals surface area contributed by atoms with Crippen LogP contribution in [0.5, 0.6) is 0 Å². The van der Waals surface area contributed by atoms with Crippen molar-refractivity contribution >= 4 is 5.96 Å². The van der Waals surface area contributed by atoms with E-state index in [1.54, 1.807) is 6.07 Å². The van der Waals surface area contributed by atoms with Crippen LogP contribution in [0, 0.1) is 12.7 Å². The van der Waals surface area contributed by atoms with Crippen LogP contribution in [0.1, 0.15) is 29.4 Å². The van der Waals surface area contributed by atoms with Gasteiger partial charge in [-0.3, -0.25) is 0 Å². The van der Waals surface area contributed by atoms with E-state index in [4.69, 9.17) is 0 Å². The summed E-state index contributed by atoms with van der Waals surface area (Å²) in [7, 11) is 0. The number of hydrogen-bond donors (Lipinski definition) is 2. The lowest BCUT2D eigenvalue weighted by Crippen LogP contribution is -2.38. The molecule has 0 unspecified atom stereocenters. The van der Waals surface area contributed by atoms with Crippen molar-refractivity contribution in [1.82, 2.24) is 20.2 Å². The number of aryl methyl sites for hydroxylation is 1. The van der Waals surface area contributed by atoms with Gasteiger partial charge in [-0.1, -0.05) is 42.5 Å². The van der Waals surface area contributed by atoms with Crippen LogP contribution in [-0.2, 0) is 19.5 Å². The molecule has 3 aromatic rings. The highest BCUT2D eigenvalue weighted by Gasteiger charge is 2.03. The van der Waals surface area contributed by atoms with Gasteiger partial charge < -0.3 is 15.2 Å². The van der Waals surface area contributed by atoms with Crippen molar-refractivity contribution in [1.29, 1.82) is 0 Å². The van der Waals surface area contributed by atoms with E-state index in [1.165, 1.54) is 11.6 Å². The fourth-order valence-electron chi connectivity index (χ4n) is 3.12. The molecule has 0 atom stereocenters. The van der Waals surface area contributed by atoms with Crippen LogP contribution in [0.2, 0.25) is 0 Å². The van der Waals surface area contributed by atoms with E-state index in [-0.39, 0.29) is 5.82 Å². The molecule has 0 saturated heterocycles. The Kier molecular flexibility index (Phi) is 7.39. The molecular weight excluding hydrogens is 365 g/mol. The third-order valence-electron chi connectivity index (χ3n) is 4.68. The lowest BCUT2D eigenvalue weighted by atomic mass is 10.1. The quantitative estimate of drug-likeness (QED) is 0.453. The molecule has 0 aliphatic rings. The van der Waals surface area contributed by atoms with E-state index >= 15 is 0 Å². The topological polar surface area (TPSA) is 54.2 Å². The first-order valence-electron chi connectivity index (χ1n) is 9.97. The number of hydrogen-bond acceptors (Lipinski definition) is 2. The third-order valence-corrected chi connectivity index (χ3v) is 4.68. The maximum Gasteiger partial charge on any atom is 0.191 e. The first-order valence-corrected chi connectivity index (χ1v) is 9.97. The number of nitrogens with zero attached hydrogens (tertiary/aromatic N) is 3. The minimum Gasteiger partial charge on any atom is -0.357 e. The third kappa shape index (κ3) is 6.17. The van der Waals surface area contributed by atoms with Crippen LogP contribution in [-0.4, -0.2) is 28.6 Å². The zero-order chi connectivity index (χ0) is 20.5. The van der Waals surface area contributed by atoms with Gasteiger partial charge in [0, 0.05) is 32.0 Å². The minimum absolute atomic E-state index is 0.166. The Labute approximate surface area is 171 Å². The van der Waals surface area contributed by atoms with Gasteiger partial charge in [0.25, 0.3) is 0 Å². The van der Waals surface area contributed by atoms with E-state index in [0.29, 0.717) is 25.1 Å². The first-order chi connectivity index (χ1) is 14.2. The zero-order valence-corrected chi connectivity index (χ0v) is 17.0. The van der Waals surface area contributed by atoms with Crippen molar-refractivity contribution in [2.45, 2.75) is 33.4 Å². The van der Waals surface area contributed by atoms with E-state index in [9.17, 15) is 4.39 Å². The Morgan fingerprint density at radius 2 is 1.93 bits per heavy atom. The molecule has 6 heteroatoms. The lowest BCUT2D eigenvalue weighted by molar-refractivity contribution is 0.606.